The van der Waals surface area contributed by atoms with Crippen molar-refractivity contribution in [1.82, 2.24) is 9.80 Å². The molecule has 2 aromatic carbocycles. The van der Waals surface area contributed by atoms with Crippen LogP contribution in [0.25, 0.3) is 0 Å². The van der Waals surface area contributed by atoms with Gasteiger partial charge in [0.05, 0.1) is 75.7 Å². The van der Waals surface area contributed by atoms with Gasteiger partial charge in [0.15, 0.2) is 38.7 Å². The van der Waals surface area contributed by atoms with Gasteiger partial charge in [-0.15, -0.1) is 0 Å². The molecule has 1 N–H and O–H groups in total. The number of ether oxygens (including phenoxy) is 4. The summed E-state index contributed by atoms with van der Waals surface area (Å²) < 4.78 is 26.9. The Kier molecular flexibility index (Phi) is 20.5. The first kappa shape index (κ1) is 56.1. The Labute approximate surface area is 385 Å². The number of carbonyl (C=O) groups excluding carboxylic acids is 2. The molecule has 0 bridgehead atoms. The minimum atomic E-state index is -2.01. The monoisotopic (exact) mass is 972 g/mol. The topological polar surface area (TPSA) is 193 Å². The van der Waals surface area contributed by atoms with Gasteiger partial charge in [-0.1, -0.05) is 78.9 Å². The fourth-order valence-corrected chi connectivity index (χ4v) is 6.80. The quantitative estimate of drug-likeness (QED) is 0.0699. The number of nitro groups is 2. The molecule has 16 nitrogen and oxygen atoms in total. The standard InChI is InChI=1S/C21H32N2O6Si.C15H18N2O6.C6H15ClSi.Zn/c1-14-9-15(13-29-30(7,8)21(2,3)4)22(12-14)20(24)16-10-18(27-5)19(28-6)11-17(16)23(25)26;1-9-4-10(8-18)16(7-9)15(19)11-5-13(22-2)14(23-3)6-12(11)17(20)21;1-6(2,3)8(4,5)7;/h10-11,15H,1,9,12-13H2,2-8H3;5-6,10,18H,1,4,7-8H2,2-3H3;1-5H3;/t15-;10-;;/m00../s1. The molecule has 2 atom stereocenters. The van der Waals surface area contributed by atoms with E-state index in [9.17, 15) is 34.9 Å². The average molecular weight is 975 g/mol. The molecule has 2 aromatic rings. The SMILES string of the molecule is C=C1C[C@@H](CO)N(C(=O)c2cc(OC)c(OC)cc2[N+](=O)[O-])C1.C=C1C[C@@H](CO[Si](C)(C)C(C)(C)C)N(C(=O)c2cc(OC)c(OC)cc2[N+](=O)[O-])C1.CC(C)(C)[Si](C)(C)Cl.[Zn]. The zero-order valence-electron chi connectivity index (χ0n) is 38.9. The van der Waals surface area contributed by atoms with Gasteiger partial charge in [-0.2, -0.15) is 11.1 Å². The van der Waals surface area contributed by atoms with Crippen LogP contribution in [0.15, 0.2) is 48.6 Å². The summed E-state index contributed by atoms with van der Waals surface area (Å²) in [6.45, 7) is 30.3. The predicted octanol–water partition coefficient (Wildman–Crippen LogP) is 9.01. The molecular formula is C42H65ClN4O12Si2Zn. The number of likely N-dealkylation sites (tertiary alicyclic amines) is 2. The fraction of sp³-hybridized carbons (Fsp3) is 0.571. The molecule has 2 fully saturated rings. The first-order chi connectivity index (χ1) is 28.0. The van der Waals surface area contributed by atoms with Gasteiger partial charge in [-0.3, -0.25) is 29.8 Å². The minimum absolute atomic E-state index is 0. The molecule has 0 aliphatic carbocycles. The number of hydrogen-bond acceptors (Lipinski definition) is 12. The van der Waals surface area contributed by atoms with Crippen molar-refractivity contribution in [2.75, 3.05) is 54.7 Å². The molecule has 0 saturated carbocycles. The Morgan fingerprint density at radius 1 is 0.726 bits per heavy atom. The molecule has 20 heteroatoms. The smallest absolute Gasteiger partial charge is 0.286 e. The van der Waals surface area contributed by atoms with Gasteiger partial charge in [0.2, 0.25) is 0 Å². The number of benzene rings is 2. The fourth-order valence-electron chi connectivity index (χ4n) is 5.75. The summed E-state index contributed by atoms with van der Waals surface area (Å²) in [4.78, 5) is 50.8. The predicted molar refractivity (Wildman–Crippen MR) is 243 cm³/mol. The minimum Gasteiger partial charge on any atom is -0.493 e. The molecule has 0 radical (unpaired) electrons. The second-order valence-corrected chi connectivity index (χ2v) is 30.1. The van der Waals surface area contributed by atoms with Crippen LogP contribution in [0.2, 0.25) is 36.3 Å². The van der Waals surface area contributed by atoms with Crippen molar-refractivity contribution in [3.8, 4) is 23.0 Å². The molecule has 2 aliphatic heterocycles. The number of carbonyl (C=O) groups is 2. The van der Waals surface area contributed by atoms with Crippen molar-refractivity contribution in [2.45, 2.75) is 103 Å². The third-order valence-corrected chi connectivity index (χ3v) is 21.3. The molecular weight excluding hydrogens is 909 g/mol. The zero-order valence-corrected chi connectivity index (χ0v) is 44.7. The number of nitrogens with zero attached hydrogens (tertiary/aromatic N) is 4. The van der Waals surface area contributed by atoms with Gasteiger partial charge < -0.3 is 38.3 Å². The van der Waals surface area contributed by atoms with Crippen molar-refractivity contribution >= 4 is 50.0 Å². The van der Waals surface area contributed by atoms with Crippen LogP contribution in [0.3, 0.4) is 0 Å². The molecule has 4 rings (SSSR count). The number of nitro benzene ring substituents is 2. The molecule has 2 amide bonds. The number of halogens is 1. The van der Waals surface area contributed by atoms with E-state index in [-0.39, 0.29) is 89.2 Å². The van der Waals surface area contributed by atoms with Crippen molar-refractivity contribution in [3.05, 3.63) is 79.9 Å². The summed E-state index contributed by atoms with van der Waals surface area (Å²) in [7, 11) is 2.16. The van der Waals surface area contributed by atoms with Crippen LogP contribution in [0.4, 0.5) is 11.4 Å². The third kappa shape index (κ3) is 14.1. The maximum absolute atomic E-state index is 13.4. The van der Waals surface area contributed by atoms with E-state index < -0.39 is 43.4 Å². The van der Waals surface area contributed by atoms with Crippen LogP contribution in [0.1, 0.15) is 75.1 Å². The second-order valence-electron chi connectivity index (χ2n) is 18.0. The molecule has 0 spiro atoms. The molecule has 0 aromatic heterocycles. The number of amides is 2. The maximum atomic E-state index is 13.4. The van der Waals surface area contributed by atoms with Gasteiger partial charge >= 0.3 is 0 Å². The summed E-state index contributed by atoms with van der Waals surface area (Å²) in [6.07, 6.45) is 1.09. The molecule has 342 valence electrons. The van der Waals surface area contributed by atoms with Crippen LogP contribution >= 0.6 is 11.1 Å². The molecule has 2 heterocycles. The molecule has 0 unspecified atom stereocenters. The largest absolute Gasteiger partial charge is 0.493 e. The Hall–Kier alpha value is -3.87. The zero-order chi connectivity index (χ0) is 47.0. The van der Waals surface area contributed by atoms with Gasteiger partial charge in [0, 0.05) is 44.7 Å². The number of rotatable bonds is 12. The Morgan fingerprint density at radius 3 is 1.34 bits per heavy atom. The number of aliphatic hydroxyl groups excluding tert-OH is 1. The summed E-state index contributed by atoms with van der Waals surface area (Å²) in [5.41, 5.74) is 0.849. The molecule has 2 aliphatic rings. The summed E-state index contributed by atoms with van der Waals surface area (Å²) >= 11 is 6.15. The van der Waals surface area contributed by atoms with Gasteiger partial charge in [0.25, 0.3) is 23.2 Å². The Bertz CT molecular complexity index is 1950. The van der Waals surface area contributed by atoms with Crippen LogP contribution in [-0.2, 0) is 23.9 Å². The second kappa shape index (κ2) is 22.7. The number of aliphatic hydroxyl groups is 1. The maximum Gasteiger partial charge on any atom is 0.286 e. The number of hydrogen-bond donors (Lipinski definition) is 1. The normalized spacial score (nSPS) is 16.6. The third-order valence-electron chi connectivity index (χ3n) is 11.5. The van der Waals surface area contributed by atoms with E-state index in [4.69, 9.17) is 34.5 Å². The van der Waals surface area contributed by atoms with Crippen molar-refractivity contribution < 1.29 is 67.4 Å². The Morgan fingerprint density at radius 2 is 1.05 bits per heavy atom. The van der Waals surface area contributed by atoms with E-state index in [0.717, 1.165) is 17.2 Å². The van der Waals surface area contributed by atoms with E-state index in [1.807, 2.05) is 0 Å². The van der Waals surface area contributed by atoms with Crippen molar-refractivity contribution in [3.63, 3.8) is 0 Å². The van der Waals surface area contributed by atoms with Gasteiger partial charge in [0.1, 0.15) is 11.1 Å². The van der Waals surface area contributed by atoms with E-state index in [1.165, 1.54) is 51.5 Å². The first-order valence-electron chi connectivity index (χ1n) is 19.7. The summed E-state index contributed by atoms with van der Waals surface area (Å²) in [6, 6.07) is 4.39. The van der Waals surface area contributed by atoms with Crippen LogP contribution in [0.5, 0.6) is 23.0 Å². The van der Waals surface area contributed by atoms with Crippen LogP contribution in [0, 0.1) is 20.2 Å². The van der Waals surface area contributed by atoms with E-state index in [0.29, 0.717) is 31.0 Å². The summed E-state index contributed by atoms with van der Waals surface area (Å²) in [5, 5.41) is 32.7. The van der Waals surface area contributed by atoms with Crippen LogP contribution in [-0.4, -0.2) is 119 Å². The molecule has 62 heavy (non-hydrogen) atoms. The van der Waals surface area contributed by atoms with Crippen LogP contribution < -0.4 is 18.9 Å². The van der Waals surface area contributed by atoms with E-state index in [2.05, 4.69) is 80.9 Å². The average Bonchev–Trinajstić information content (AvgIpc) is 3.75. The van der Waals surface area contributed by atoms with Gasteiger partial charge in [-0.25, -0.2) is 0 Å². The van der Waals surface area contributed by atoms with E-state index >= 15 is 0 Å². The molecule has 2 saturated heterocycles. The Balaban J connectivity index is 0.000000531. The number of methoxy groups -OCH3 is 4. The van der Waals surface area contributed by atoms with Gasteiger partial charge in [-0.05, 0) is 36.0 Å². The summed E-state index contributed by atoms with van der Waals surface area (Å²) in [5.74, 6) is -0.135. The van der Waals surface area contributed by atoms with E-state index in [1.54, 1.807) is 4.90 Å². The van der Waals surface area contributed by atoms with Crippen molar-refractivity contribution in [1.29, 1.82) is 0 Å². The first-order valence-corrected chi connectivity index (χ1v) is 26.6. The van der Waals surface area contributed by atoms with Crippen molar-refractivity contribution in [2.24, 2.45) is 0 Å².